The molecule has 0 spiro atoms. The first-order chi connectivity index (χ1) is 10.1. The molecule has 1 aromatic carbocycles. The lowest BCUT2D eigenvalue weighted by Crippen LogP contribution is -2.37. The number of nitrogens with one attached hydrogen (secondary N) is 1. The van der Waals surface area contributed by atoms with Crippen LogP contribution in [0.25, 0.3) is 0 Å². The van der Waals surface area contributed by atoms with Crippen molar-refractivity contribution in [2.24, 2.45) is 0 Å². The van der Waals surface area contributed by atoms with Crippen molar-refractivity contribution < 1.29 is 4.39 Å². The quantitative estimate of drug-likeness (QED) is 0.780. The minimum atomic E-state index is -0.109. The van der Waals surface area contributed by atoms with Crippen molar-refractivity contribution in [2.45, 2.75) is 38.8 Å². The van der Waals surface area contributed by atoms with Gasteiger partial charge in [-0.2, -0.15) is 0 Å². The van der Waals surface area contributed by atoms with Crippen molar-refractivity contribution in [1.29, 1.82) is 0 Å². The summed E-state index contributed by atoms with van der Waals surface area (Å²) in [6.45, 7) is 5.77. The average molecular weight is 293 g/mol. The number of halogens is 1. The summed E-state index contributed by atoms with van der Waals surface area (Å²) in [5.74, 6) is -0.109. The molecule has 0 bridgehead atoms. The van der Waals surface area contributed by atoms with Gasteiger partial charge in [0.2, 0.25) is 0 Å². The fraction of sp³-hybridized carbons (Fsp3) is 0.647. The predicted octanol–water partition coefficient (Wildman–Crippen LogP) is 2.86. The third-order valence-electron chi connectivity index (χ3n) is 4.39. The van der Waals surface area contributed by atoms with E-state index in [2.05, 4.69) is 36.1 Å². The van der Waals surface area contributed by atoms with Crippen molar-refractivity contribution in [3.63, 3.8) is 0 Å². The molecule has 21 heavy (non-hydrogen) atoms. The van der Waals surface area contributed by atoms with Crippen LogP contribution in [0, 0.1) is 5.82 Å². The van der Waals surface area contributed by atoms with Gasteiger partial charge < -0.3 is 15.1 Å². The molecule has 0 amide bonds. The summed E-state index contributed by atoms with van der Waals surface area (Å²) in [7, 11) is 4.26. The second-order valence-corrected chi connectivity index (χ2v) is 6.07. The molecule has 4 heteroatoms. The second kappa shape index (κ2) is 7.76. The summed E-state index contributed by atoms with van der Waals surface area (Å²) in [6.07, 6.45) is 3.56. The number of likely N-dealkylation sites (N-methyl/N-ethyl adjacent to an activating group) is 2. The Balaban J connectivity index is 2.08. The molecule has 2 rings (SSSR count). The second-order valence-electron chi connectivity index (χ2n) is 6.07. The van der Waals surface area contributed by atoms with Crippen LogP contribution in [0.4, 0.5) is 10.1 Å². The normalized spacial score (nSPS) is 19.1. The van der Waals surface area contributed by atoms with E-state index in [-0.39, 0.29) is 5.82 Å². The molecule has 1 saturated heterocycles. The Hall–Kier alpha value is -1.13. The van der Waals surface area contributed by atoms with Crippen LogP contribution in [0.1, 0.15) is 31.7 Å². The molecular formula is C17H28FN3. The Morgan fingerprint density at radius 2 is 2.24 bits per heavy atom. The highest BCUT2D eigenvalue weighted by Crippen LogP contribution is 2.24. The van der Waals surface area contributed by atoms with Gasteiger partial charge in [0.15, 0.2) is 0 Å². The van der Waals surface area contributed by atoms with Crippen LogP contribution in [0.2, 0.25) is 0 Å². The molecule has 1 N–H and O–H groups in total. The first-order valence-electron chi connectivity index (χ1n) is 8.03. The van der Waals surface area contributed by atoms with Gasteiger partial charge in [-0.15, -0.1) is 0 Å². The van der Waals surface area contributed by atoms with E-state index in [1.54, 1.807) is 6.07 Å². The van der Waals surface area contributed by atoms with E-state index in [4.69, 9.17) is 0 Å². The standard InChI is InChI=1S/C17H28FN3/c1-4-10-19-12-15-16(18)8-5-9-17(15)21(3)13-14-7-6-11-20(14)2/h5,8-9,14,19H,4,6-7,10-13H2,1-3H3. The minimum Gasteiger partial charge on any atom is -0.373 e. The zero-order valence-electron chi connectivity index (χ0n) is 13.5. The number of hydrogen-bond acceptors (Lipinski definition) is 3. The molecule has 3 nitrogen and oxygen atoms in total. The van der Waals surface area contributed by atoms with Crippen LogP contribution in [0.5, 0.6) is 0 Å². The zero-order valence-corrected chi connectivity index (χ0v) is 13.5. The fourth-order valence-corrected chi connectivity index (χ4v) is 3.09. The molecular weight excluding hydrogens is 265 g/mol. The Labute approximate surface area is 128 Å². The van der Waals surface area contributed by atoms with Gasteiger partial charge >= 0.3 is 0 Å². The Morgan fingerprint density at radius 3 is 2.90 bits per heavy atom. The maximum absolute atomic E-state index is 14.2. The highest BCUT2D eigenvalue weighted by molar-refractivity contribution is 5.53. The molecule has 1 unspecified atom stereocenters. The van der Waals surface area contributed by atoms with E-state index in [9.17, 15) is 4.39 Å². The van der Waals surface area contributed by atoms with Gasteiger partial charge in [0, 0.05) is 37.4 Å². The van der Waals surface area contributed by atoms with E-state index >= 15 is 0 Å². The van der Waals surface area contributed by atoms with Gasteiger partial charge in [-0.1, -0.05) is 13.0 Å². The molecule has 0 radical (unpaired) electrons. The van der Waals surface area contributed by atoms with Crippen LogP contribution in [-0.2, 0) is 6.54 Å². The first-order valence-corrected chi connectivity index (χ1v) is 8.03. The fourth-order valence-electron chi connectivity index (χ4n) is 3.09. The van der Waals surface area contributed by atoms with Gasteiger partial charge in [-0.3, -0.25) is 0 Å². The van der Waals surface area contributed by atoms with Crippen LogP contribution in [-0.4, -0.2) is 44.7 Å². The van der Waals surface area contributed by atoms with E-state index in [1.165, 1.54) is 19.4 Å². The molecule has 0 saturated carbocycles. The van der Waals surface area contributed by atoms with Crippen molar-refractivity contribution in [3.8, 4) is 0 Å². The first kappa shape index (κ1) is 16.2. The zero-order chi connectivity index (χ0) is 15.2. The lowest BCUT2D eigenvalue weighted by atomic mass is 10.1. The lowest BCUT2D eigenvalue weighted by molar-refractivity contribution is 0.314. The highest BCUT2D eigenvalue weighted by Gasteiger charge is 2.23. The largest absolute Gasteiger partial charge is 0.373 e. The predicted molar refractivity (Wildman–Crippen MR) is 87.3 cm³/mol. The maximum atomic E-state index is 14.2. The number of likely N-dealkylation sites (tertiary alicyclic amines) is 1. The van der Waals surface area contributed by atoms with E-state index in [0.29, 0.717) is 12.6 Å². The molecule has 1 aliphatic rings. The summed E-state index contributed by atoms with van der Waals surface area (Å²) in [6, 6.07) is 5.97. The molecule has 1 fully saturated rings. The van der Waals surface area contributed by atoms with Crippen molar-refractivity contribution in [3.05, 3.63) is 29.6 Å². The Kier molecular flexibility index (Phi) is 6.00. The number of hydrogen-bond donors (Lipinski definition) is 1. The van der Waals surface area contributed by atoms with Gasteiger partial charge in [0.25, 0.3) is 0 Å². The van der Waals surface area contributed by atoms with Gasteiger partial charge in [0.05, 0.1) is 0 Å². The van der Waals surface area contributed by atoms with Crippen LogP contribution < -0.4 is 10.2 Å². The molecule has 1 atom stereocenters. The summed E-state index contributed by atoms with van der Waals surface area (Å²) >= 11 is 0. The maximum Gasteiger partial charge on any atom is 0.129 e. The van der Waals surface area contributed by atoms with Crippen LogP contribution >= 0.6 is 0 Å². The van der Waals surface area contributed by atoms with Gasteiger partial charge in [-0.05, 0) is 51.5 Å². The molecule has 118 valence electrons. The van der Waals surface area contributed by atoms with Crippen LogP contribution in [0.3, 0.4) is 0 Å². The van der Waals surface area contributed by atoms with Crippen molar-refractivity contribution in [1.82, 2.24) is 10.2 Å². The lowest BCUT2D eigenvalue weighted by Gasteiger charge is -2.29. The smallest absolute Gasteiger partial charge is 0.129 e. The van der Waals surface area contributed by atoms with E-state index in [1.807, 2.05) is 12.1 Å². The van der Waals surface area contributed by atoms with Crippen molar-refractivity contribution in [2.75, 3.05) is 38.6 Å². The number of nitrogens with zero attached hydrogens (tertiary/aromatic N) is 2. The minimum absolute atomic E-state index is 0.109. The highest BCUT2D eigenvalue weighted by atomic mass is 19.1. The number of benzene rings is 1. The molecule has 0 aliphatic carbocycles. The monoisotopic (exact) mass is 293 g/mol. The van der Waals surface area contributed by atoms with E-state index in [0.717, 1.165) is 30.8 Å². The molecule has 0 aromatic heterocycles. The summed E-state index contributed by atoms with van der Waals surface area (Å²) in [5, 5.41) is 3.31. The summed E-state index contributed by atoms with van der Waals surface area (Å²) in [5.41, 5.74) is 1.80. The van der Waals surface area contributed by atoms with E-state index < -0.39 is 0 Å². The molecule has 1 aromatic rings. The van der Waals surface area contributed by atoms with Gasteiger partial charge in [0.1, 0.15) is 5.82 Å². The summed E-state index contributed by atoms with van der Waals surface area (Å²) < 4.78 is 14.2. The topological polar surface area (TPSA) is 18.5 Å². The van der Waals surface area contributed by atoms with Crippen molar-refractivity contribution >= 4 is 5.69 Å². The molecule has 1 aliphatic heterocycles. The van der Waals surface area contributed by atoms with Gasteiger partial charge in [-0.25, -0.2) is 4.39 Å². The third-order valence-corrected chi connectivity index (χ3v) is 4.39. The SMILES string of the molecule is CCCNCc1c(F)cccc1N(C)CC1CCCN1C. The third kappa shape index (κ3) is 4.17. The van der Waals surface area contributed by atoms with Crippen LogP contribution in [0.15, 0.2) is 18.2 Å². The average Bonchev–Trinajstić information content (AvgIpc) is 2.86. The Bertz CT molecular complexity index is 450. The molecule has 1 heterocycles. The summed E-state index contributed by atoms with van der Waals surface area (Å²) in [4.78, 5) is 4.61. The number of rotatable bonds is 7. The Morgan fingerprint density at radius 1 is 1.43 bits per heavy atom. The number of anilines is 1.